The summed E-state index contributed by atoms with van der Waals surface area (Å²) in [5, 5.41) is 12.5. The highest BCUT2D eigenvalue weighted by molar-refractivity contribution is 6.28. The molecule has 2 N–H and O–H groups in total. The maximum atomic E-state index is 9.22. The van der Waals surface area contributed by atoms with E-state index in [0.717, 1.165) is 13.0 Å². The number of aliphatic hydroxyl groups is 1. The molecule has 20 heavy (non-hydrogen) atoms. The third-order valence-corrected chi connectivity index (χ3v) is 3.26. The highest BCUT2D eigenvalue weighted by atomic mass is 35.5. The smallest absolute Gasteiger partial charge is 0.231 e. The molecule has 0 bridgehead atoms. The number of ether oxygens (including phenoxy) is 1. The molecule has 0 aliphatic carbocycles. The van der Waals surface area contributed by atoms with Crippen LogP contribution in [0.3, 0.4) is 0 Å². The first-order valence-electron chi connectivity index (χ1n) is 6.78. The first-order valence-corrected chi connectivity index (χ1v) is 7.16. The molecule has 1 aromatic heterocycles. The number of nitrogens with one attached hydrogen (secondary N) is 1. The van der Waals surface area contributed by atoms with E-state index in [1.165, 1.54) is 0 Å². The molecule has 1 saturated heterocycles. The van der Waals surface area contributed by atoms with Gasteiger partial charge in [-0.25, -0.2) is 0 Å². The summed E-state index contributed by atoms with van der Waals surface area (Å²) < 4.78 is 5.51. The quantitative estimate of drug-likeness (QED) is 0.837. The molecule has 0 radical (unpaired) electrons. The number of hydrogen-bond donors (Lipinski definition) is 2. The molecule has 1 aliphatic heterocycles. The highest BCUT2D eigenvalue weighted by Crippen LogP contribution is 2.20. The molecular formula is C12H20ClN5O2. The van der Waals surface area contributed by atoms with Crippen molar-refractivity contribution in [3.05, 3.63) is 5.28 Å². The van der Waals surface area contributed by atoms with E-state index in [1.54, 1.807) is 0 Å². The number of anilines is 2. The molecule has 2 unspecified atom stereocenters. The Morgan fingerprint density at radius 3 is 2.95 bits per heavy atom. The van der Waals surface area contributed by atoms with Crippen molar-refractivity contribution in [3.8, 4) is 0 Å². The lowest BCUT2D eigenvalue weighted by Gasteiger charge is -2.37. The van der Waals surface area contributed by atoms with E-state index in [2.05, 4.69) is 27.2 Å². The van der Waals surface area contributed by atoms with E-state index < -0.39 is 0 Å². The maximum absolute atomic E-state index is 9.22. The van der Waals surface area contributed by atoms with E-state index >= 15 is 0 Å². The van der Waals surface area contributed by atoms with Gasteiger partial charge in [0.15, 0.2) is 0 Å². The standard InChI is InChI=1S/C12H20ClN5O2/c1-3-4-14-11-15-10(13)16-12(17-11)18-5-9(6-19)20-7-8(18)2/h8-9,19H,3-7H2,1-2H3,(H,14,15,16,17). The Kier molecular flexibility index (Phi) is 5.33. The van der Waals surface area contributed by atoms with Crippen molar-refractivity contribution in [2.75, 3.05) is 36.5 Å². The third kappa shape index (κ3) is 3.68. The van der Waals surface area contributed by atoms with Crippen LogP contribution in [0.4, 0.5) is 11.9 Å². The zero-order valence-electron chi connectivity index (χ0n) is 11.7. The van der Waals surface area contributed by atoms with Gasteiger partial charge in [-0.1, -0.05) is 6.92 Å². The Hall–Kier alpha value is -1.18. The number of aliphatic hydroxyl groups excluding tert-OH is 1. The van der Waals surface area contributed by atoms with Crippen molar-refractivity contribution < 1.29 is 9.84 Å². The summed E-state index contributed by atoms with van der Waals surface area (Å²) in [4.78, 5) is 14.6. The van der Waals surface area contributed by atoms with Crippen molar-refractivity contribution in [2.45, 2.75) is 32.4 Å². The van der Waals surface area contributed by atoms with E-state index in [9.17, 15) is 5.11 Å². The summed E-state index contributed by atoms with van der Waals surface area (Å²) in [5.41, 5.74) is 0. The lowest BCUT2D eigenvalue weighted by atomic mass is 10.2. The molecule has 2 heterocycles. The SMILES string of the molecule is CCCNc1nc(Cl)nc(N2CC(CO)OCC2C)n1. The fraction of sp³-hybridized carbons (Fsp3) is 0.750. The Balaban J connectivity index is 2.19. The Bertz CT molecular complexity index is 448. The average Bonchev–Trinajstić information content (AvgIpc) is 2.45. The second-order valence-electron chi connectivity index (χ2n) is 4.79. The second-order valence-corrected chi connectivity index (χ2v) is 5.13. The van der Waals surface area contributed by atoms with Gasteiger partial charge in [-0.15, -0.1) is 0 Å². The van der Waals surface area contributed by atoms with Crippen LogP contribution in [-0.4, -0.2) is 58.5 Å². The van der Waals surface area contributed by atoms with Gasteiger partial charge in [0.1, 0.15) is 0 Å². The van der Waals surface area contributed by atoms with Crippen molar-refractivity contribution in [1.29, 1.82) is 0 Å². The monoisotopic (exact) mass is 301 g/mol. The number of hydrogen-bond acceptors (Lipinski definition) is 7. The number of halogens is 1. The van der Waals surface area contributed by atoms with Crippen LogP contribution in [0.1, 0.15) is 20.3 Å². The van der Waals surface area contributed by atoms with Gasteiger partial charge in [-0.3, -0.25) is 0 Å². The lowest BCUT2D eigenvalue weighted by molar-refractivity contribution is -0.0108. The summed E-state index contributed by atoms with van der Waals surface area (Å²) in [7, 11) is 0. The fourth-order valence-corrected chi connectivity index (χ4v) is 2.15. The van der Waals surface area contributed by atoms with Gasteiger partial charge in [0.2, 0.25) is 17.2 Å². The van der Waals surface area contributed by atoms with Gasteiger partial charge < -0.3 is 20.1 Å². The average molecular weight is 302 g/mol. The van der Waals surface area contributed by atoms with Crippen molar-refractivity contribution in [3.63, 3.8) is 0 Å². The Labute approximate surface area is 123 Å². The normalized spacial score (nSPS) is 22.9. The van der Waals surface area contributed by atoms with Crippen molar-refractivity contribution in [1.82, 2.24) is 15.0 Å². The molecule has 0 saturated carbocycles. The molecule has 7 nitrogen and oxygen atoms in total. The summed E-state index contributed by atoms with van der Waals surface area (Å²) in [6, 6.07) is 0.121. The van der Waals surface area contributed by atoms with Crippen LogP contribution in [0.15, 0.2) is 0 Å². The zero-order valence-corrected chi connectivity index (χ0v) is 12.5. The van der Waals surface area contributed by atoms with Gasteiger partial charge in [0.05, 0.1) is 25.4 Å². The summed E-state index contributed by atoms with van der Waals surface area (Å²) in [6.07, 6.45) is 0.743. The first-order chi connectivity index (χ1) is 9.63. The summed E-state index contributed by atoms with van der Waals surface area (Å²) in [6.45, 7) is 5.88. The lowest BCUT2D eigenvalue weighted by Crippen LogP contribution is -2.50. The number of rotatable bonds is 5. The van der Waals surface area contributed by atoms with Crippen LogP contribution in [0.5, 0.6) is 0 Å². The second kappa shape index (κ2) is 7.01. The van der Waals surface area contributed by atoms with Crippen LogP contribution in [-0.2, 0) is 4.74 Å². The maximum Gasteiger partial charge on any atom is 0.231 e. The van der Waals surface area contributed by atoms with Gasteiger partial charge in [0, 0.05) is 13.1 Å². The van der Waals surface area contributed by atoms with Crippen molar-refractivity contribution in [2.24, 2.45) is 0 Å². The topological polar surface area (TPSA) is 83.4 Å². The van der Waals surface area contributed by atoms with E-state index in [4.69, 9.17) is 16.3 Å². The molecule has 0 spiro atoms. The Morgan fingerprint density at radius 2 is 2.25 bits per heavy atom. The molecular weight excluding hydrogens is 282 g/mol. The van der Waals surface area contributed by atoms with E-state index in [0.29, 0.717) is 25.0 Å². The fourth-order valence-electron chi connectivity index (χ4n) is 1.99. The summed E-state index contributed by atoms with van der Waals surface area (Å²) in [5.74, 6) is 0.985. The third-order valence-electron chi connectivity index (χ3n) is 3.10. The van der Waals surface area contributed by atoms with E-state index in [-0.39, 0.29) is 24.0 Å². The van der Waals surface area contributed by atoms with Gasteiger partial charge >= 0.3 is 0 Å². The highest BCUT2D eigenvalue weighted by Gasteiger charge is 2.28. The minimum Gasteiger partial charge on any atom is -0.394 e. The van der Waals surface area contributed by atoms with E-state index in [1.807, 2.05) is 11.8 Å². The predicted octanol–water partition coefficient (Wildman–Crippen LogP) is 0.933. The molecule has 2 atom stereocenters. The number of nitrogens with zero attached hydrogens (tertiary/aromatic N) is 4. The largest absolute Gasteiger partial charge is 0.394 e. The molecule has 112 valence electrons. The Morgan fingerprint density at radius 1 is 1.45 bits per heavy atom. The molecule has 0 amide bonds. The molecule has 8 heteroatoms. The summed E-state index contributed by atoms with van der Waals surface area (Å²) >= 11 is 5.96. The number of morpholine rings is 1. The van der Waals surface area contributed by atoms with Gasteiger partial charge in [0.25, 0.3) is 0 Å². The molecule has 1 aliphatic rings. The zero-order chi connectivity index (χ0) is 14.5. The molecule has 0 aromatic carbocycles. The minimum absolute atomic E-state index is 0.0248. The van der Waals surface area contributed by atoms with Crippen LogP contribution in [0, 0.1) is 0 Å². The van der Waals surface area contributed by atoms with Crippen molar-refractivity contribution >= 4 is 23.5 Å². The van der Waals surface area contributed by atoms with Crippen LogP contribution >= 0.6 is 11.6 Å². The first kappa shape index (κ1) is 15.2. The van der Waals surface area contributed by atoms with Gasteiger partial charge in [-0.2, -0.15) is 15.0 Å². The van der Waals surface area contributed by atoms with Crippen LogP contribution in [0.25, 0.3) is 0 Å². The van der Waals surface area contributed by atoms with Gasteiger partial charge in [-0.05, 0) is 24.9 Å². The predicted molar refractivity (Wildman–Crippen MR) is 77.3 cm³/mol. The molecule has 1 aromatic rings. The minimum atomic E-state index is -0.228. The molecule has 2 rings (SSSR count). The molecule has 1 fully saturated rings. The van der Waals surface area contributed by atoms with Crippen LogP contribution in [0.2, 0.25) is 5.28 Å². The van der Waals surface area contributed by atoms with Crippen LogP contribution < -0.4 is 10.2 Å². The number of aromatic nitrogens is 3.